The molecular weight excluding hydrogens is 558 g/mol. The highest BCUT2D eigenvalue weighted by Crippen LogP contribution is 2.33. The molecule has 2 amide bonds. The lowest BCUT2D eigenvalue weighted by atomic mass is 10.1. The quantitative estimate of drug-likeness (QED) is 0.255. The summed E-state index contributed by atoms with van der Waals surface area (Å²) in [7, 11) is -4.19. The SMILES string of the molecule is CCCNC(=O)C(C)N(Cc1ccc(C)cc1)C(=O)CN(c1ccccc1OCC)S(=O)(=O)c1ccc(SC)cc1. The van der Waals surface area contributed by atoms with Gasteiger partial charge in [0.2, 0.25) is 11.8 Å². The number of hydrogen-bond donors (Lipinski definition) is 1. The van der Waals surface area contributed by atoms with Gasteiger partial charge in [-0.1, -0.05) is 48.9 Å². The van der Waals surface area contributed by atoms with Crippen LogP contribution in [-0.4, -0.2) is 57.1 Å². The Kier molecular flexibility index (Phi) is 11.7. The number of thioether (sulfide) groups is 1. The number of nitrogens with one attached hydrogen (secondary N) is 1. The molecule has 0 saturated heterocycles. The number of para-hydroxylation sites is 2. The van der Waals surface area contributed by atoms with Crippen LogP contribution in [0.2, 0.25) is 0 Å². The summed E-state index contributed by atoms with van der Waals surface area (Å²) in [5.74, 6) is -0.477. The summed E-state index contributed by atoms with van der Waals surface area (Å²) < 4.78 is 35.0. The molecule has 0 fully saturated rings. The largest absolute Gasteiger partial charge is 0.492 e. The van der Waals surface area contributed by atoms with Crippen LogP contribution in [-0.2, 0) is 26.2 Å². The van der Waals surface area contributed by atoms with Crippen molar-refractivity contribution in [2.24, 2.45) is 0 Å². The topological polar surface area (TPSA) is 96.0 Å². The number of hydrogen-bond acceptors (Lipinski definition) is 6. The van der Waals surface area contributed by atoms with E-state index in [0.717, 1.165) is 26.7 Å². The summed E-state index contributed by atoms with van der Waals surface area (Å²) in [5, 5.41) is 2.85. The van der Waals surface area contributed by atoms with E-state index in [-0.39, 0.29) is 23.0 Å². The molecule has 1 N–H and O–H groups in total. The fraction of sp³-hybridized carbons (Fsp3) is 0.355. The van der Waals surface area contributed by atoms with Gasteiger partial charge in [0.05, 0.1) is 17.2 Å². The maximum atomic E-state index is 14.1. The second-order valence-electron chi connectivity index (χ2n) is 9.56. The van der Waals surface area contributed by atoms with Gasteiger partial charge in [0, 0.05) is 18.0 Å². The molecule has 0 aliphatic carbocycles. The highest BCUT2D eigenvalue weighted by Gasteiger charge is 2.33. The Bertz CT molecular complexity index is 1410. The van der Waals surface area contributed by atoms with E-state index in [1.165, 1.54) is 28.8 Å². The molecule has 1 unspecified atom stereocenters. The second-order valence-corrected chi connectivity index (χ2v) is 12.3. The van der Waals surface area contributed by atoms with E-state index >= 15 is 0 Å². The van der Waals surface area contributed by atoms with Crippen molar-refractivity contribution in [3.63, 3.8) is 0 Å². The third kappa shape index (κ3) is 8.27. The maximum absolute atomic E-state index is 14.1. The Morgan fingerprint density at radius 1 is 0.976 bits per heavy atom. The van der Waals surface area contributed by atoms with E-state index in [0.29, 0.717) is 18.9 Å². The lowest BCUT2D eigenvalue weighted by Gasteiger charge is -2.32. The fourth-order valence-corrected chi connectivity index (χ4v) is 6.03. The standard InChI is InChI=1S/C31H39N3O5S2/c1-6-20-32-31(36)24(4)33(21-25-14-12-23(3)13-15-25)30(35)22-34(28-10-8-9-11-29(28)39-7-2)41(37,38)27-18-16-26(40-5)17-19-27/h8-19,24H,6-7,20-22H2,1-5H3,(H,32,36). The number of amides is 2. The van der Waals surface area contributed by atoms with E-state index in [1.807, 2.05) is 51.3 Å². The molecule has 0 radical (unpaired) electrons. The van der Waals surface area contributed by atoms with Crippen molar-refractivity contribution in [1.82, 2.24) is 10.2 Å². The van der Waals surface area contributed by atoms with Crippen molar-refractivity contribution < 1.29 is 22.7 Å². The van der Waals surface area contributed by atoms with Gasteiger partial charge in [-0.25, -0.2) is 8.42 Å². The first kappa shape index (κ1) is 32.0. The summed E-state index contributed by atoms with van der Waals surface area (Å²) >= 11 is 1.50. The fourth-order valence-electron chi connectivity index (χ4n) is 4.20. The zero-order valence-electron chi connectivity index (χ0n) is 24.3. The minimum atomic E-state index is -4.19. The lowest BCUT2D eigenvalue weighted by Crippen LogP contribution is -2.51. The van der Waals surface area contributed by atoms with E-state index in [2.05, 4.69) is 5.32 Å². The van der Waals surface area contributed by atoms with E-state index in [1.54, 1.807) is 43.3 Å². The molecule has 3 rings (SSSR count). The molecule has 220 valence electrons. The molecule has 0 saturated carbocycles. The van der Waals surface area contributed by atoms with Gasteiger partial charge in [0.1, 0.15) is 18.3 Å². The number of carbonyl (C=O) groups excluding carboxylic acids is 2. The summed E-state index contributed by atoms with van der Waals surface area (Å²) in [4.78, 5) is 29.5. The first-order valence-electron chi connectivity index (χ1n) is 13.6. The Labute approximate surface area is 248 Å². The van der Waals surface area contributed by atoms with Gasteiger partial charge >= 0.3 is 0 Å². The smallest absolute Gasteiger partial charge is 0.264 e. The van der Waals surface area contributed by atoms with Crippen LogP contribution >= 0.6 is 11.8 Å². The Balaban J connectivity index is 2.07. The van der Waals surface area contributed by atoms with Gasteiger partial charge < -0.3 is 15.0 Å². The van der Waals surface area contributed by atoms with E-state index in [9.17, 15) is 18.0 Å². The summed E-state index contributed by atoms with van der Waals surface area (Å²) in [6, 6.07) is 20.1. The molecule has 0 aromatic heterocycles. The highest BCUT2D eigenvalue weighted by atomic mass is 32.2. The first-order chi connectivity index (χ1) is 19.6. The first-order valence-corrected chi connectivity index (χ1v) is 16.3. The van der Waals surface area contributed by atoms with Crippen molar-refractivity contribution in [2.75, 3.05) is 30.3 Å². The number of rotatable bonds is 14. The van der Waals surface area contributed by atoms with Crippen molar-refractivity contribution >= 4 is 39.3 Å². The van der Waals surface area contributed by atoms with Crippen molar-refractivity contribution in [3.8, 4) is 5.75 Å². The van der Waals surface area contributed by atoms with Gasteiger partial charge in [-0.2, -0.15) is 0 Å². The van der Waals surface area contributed by atoms with Crippen LogP contribution < -0.4 is 14.4 Å². The van der Waals surface area contributed by atoms with Gasteiger partial charge in [0.25, 0.3) is 10.0 Å². The van der Waals surface area contributed by atoms with Crippen molar-refractivity contribution in [1.29, 1.82) is 0 Å². The van der Waals surface area contributed by atoms with Gasteiger partial charge in [0.15, 0.2) is 0 Å². The molecule has 0 bridgehead atoms. The second kappa shape index (κ2) is 14.9. The lowest BCUT2D eigenvalue weighted by molar-refractivity contribution is -0.139. The molecule has 1 atom stereocenters. The summed E-state index contributed by atoms with van der Waals surface area (Å²) in [5.41, 5.74) is 2.14. The average molecular weight is 598 g/mol. The van der Waals surface area contributed by atoms with Gasteiger partial charge in [-0.3, -0.25) is 13.9 Å². The van der Waals surface area contributed by atoms with Crippen LogP contribution in [0.15, 0.2) is 82.6 Å². The summed E-state index contributed by atoms with van der Waals surface area (Å²) in [6.07, 6.45) is 2.66. The van der Waals surface area contributed by atoms with Crippen LogP contribution in [0.3, 0.4) is 0 Å². The molecule has 0 heterocycles. The van der Waals surface area contributed by atoms with Gasteiger partial charge in [-0.15, -0.1) is 11.8 Å². The predicted molar refractivity (Wildman–Crippen MR) is 165 cm³/mol. The maximum Gasteiger partial charge on any atom is 0.264 e. The zero-order chi connectivity index (χ0) is 30.0. The molecule has 0 aliphatic heterocycles. The molecular formula is C31H39N3O5S2. The zero-order valence-corrected chi connectivity index (χ0v) is 25.9. The number of carbonyl (C=O) groups is 2. The van der Waals surface area contributed by atoms with E-state index < -0.39 is 28.5 Å². The number of aryl methyl sites for hydroxylation is 1. The van der Waals surface area contributed by atoms with Crippen LogP contribution in [0.4, 0.5) is 5.69 Å². The molecule has 10 heteroatoms. The number of nitrogens with zero attached hydrogens (tertiary/aromatic N) is 2. The predicted octanol–water partition coefficient (Wildman–Crippen LogP) is 5.25. The summed E-state index contributed by atoms with van der Waals surface area (Å²) in [6.45, 7) is 7.80. The third-order valence-electron chi connectivity index (χ3n) is 6.55. The Hall–Kier alpha value is -3.50. The number of benzene rings is 3. The number of ether oxygens (including phenoxy) is 1. The molecule has 41 heavy (non-hydrogen) atoms. The Morgan fingerprint density at radius 2 is 1.63 bits per heavy atom. The van der Waals surface area contributed by atoms with Crippen molar-refractivity contribution in [2.45, 2.75) is 56.5 Å². The molecule has 3 aromatic rings. The van der Waals surface area contributed by atoms with Crippen molar-refractivity contribution in [3.05, 3.63) is 83.9 Å². The monoisotopic (exact) mass is 597 g/mol. The molecule has 0 spiro atoms. The van der Waals surface area contributed by atoms with Gasteiger partial charge in [-0.05, 0) is 75.4 Å². The molecule has 0 aliphatic rings. The van der Waals surface area contributed by atoms with Crippen LogP contribution in [0.5, 0.6) is 5.75 Å². The average Bonchev–Trinajstić information content (AvgIpc) is 2.98. The highest BCUT2D eigenvalue weighted by molar-refractivity contribution is 7.98. The number of sulfonamides is 1. The molecule has 3 aromatic carbocycles. The van der Waals surface area contributed by atoms with Crippen LogP contribution in [0.1, 0.15) is 38.3 Å². The van der Waals surface area contributed by atoms with Crippen LogP contribution in [0, 0.1) is 6.92 Å². The van der Waals surface area contributed by atoms with E-state index in [4.69, 9.17) is 4.74 Å². The Morgan fingerprint density at radius 3 is 2.24 bits per heavy atom. The minimum Gasteiger partial charge on any atom is -0.492 e. The number of anilines is 1. The third-order valence-corrected chi connectivity index (χ3v) is 9.07. The van der Waals surface area contributed by atoms with Crippen LogP contribution in [0.25, 0.3) is 0 Å². The normalized spacial score (nSPS) is 11.9. The molecule has 8 nitrogen and oxygen atoms in total. The minimum absolute atomic E-state index is 0.0493.